The standard InChI is InChI=1S/C16H15N3O6/c1-23-13-5-3-11(19(21)22)7-12(13)18-16(20)17-8-10-2-4-14-15(6-10)25-9-24-14/h2-7H,8-9H2,1H3,(H2,17,18,20). The summed E-state index contributed by atoms with van der Waals surface area (Å²) in [6.07, 6.45) is 0. The van der Waals surface area contributed by atoms with Gasteiger partial charge in [0.05, 0.1) is 17.7 Å². The second-order valence-electron chi connectivity index (χ2n) is 5.14. The minimum Gasteiger partial charge on any atom is -0.495 e. The number of nitro benzene ring substituents is 1. The molecule has 9 nitrogen and oxygen atoms in total. The van der Waals surface area contributed by atoms with Crippen LogP contribution in [0, 0.1) is 10.1 Å². The molecule has 0 aromatic heterocycles. The van der Waals surface area contributed by atoms with E-state index in [0.29, 0.717) is 17.2 Å². The summed E-state index contributed by atoms with van der Waals surface area (Å²) in [6, 6.07) is 8.79. The molecule has 1 aliphatic rings. The molecule has 0 saturated carbocycles. The van der Waals surface area contributed by atoms with E-state index in [1.807, 2.05) is 6.07 Å². The number of anilines is 1. The topological polar surface area (TPSA) is 112 Å². The molecule has 2 aromatic carbocycles. The van der Waals surface area contributed by atoms with Gasteiger partial charge in [0.15, 0.2) is 11.5 Å². The lowest BCUT2D eigenvalue weighted by molar-refractivity contribution is -0.384. The van der Waals surface area contributed by atoms with Gasteiger partial charge in [0.1, 0.15) is 5.75 Å². The molecular weight excluding hydrogens is 330 g/mol. The Hall–Kier alpha value is -3.49. The molecule has 0 atom stereocenters. The van der Waals surface area contributed by atoms with E-state index in [-0.39, 0.29) is 24.7 Å². The Morgan fingerprint density at radius 1 is 1.24 bits per heavy atom. The first-order valence-electron chi connectivity index (χ1n) is 7.32. The second kappa shape index (κ2) is 6.95. The molecule has 0 aliphatic carbocycles. The lowest BCUT2D eigenvalue weighted by Crippen LogP contribution is -2.28. The van der Waals surface area contributed by atoms with E-state index in [4.69, 9.17) is 14.2 Å². The molecule has 25 heavy (non-hydrogen) atoms. The highest BCUT2D eigenvalue weighted by Gasteiger charge is 2.15. The van der Waals surface area contributed by atoms with Gasteiger partial charge in [-0.3, -0.25) is 10.1 Å². The lowest BCUT2D eigenvalue weighted by Gasteiger charge is -2.11. The molecule has 9 heteroatoms. The van der Waals surface area contributed by atoms with Gasteiger partial charge in [-0.2, -0.15) is 0 Å². The van der Waals surface area contributed by atoms with Gasteiger partial charge >= 0.3 is 6.03 Å². The van der Waals surface area contributed by atoms with Crippen LogP contribution in [0.25, 0.3) is 0 Å². The van der Waals surface area contributed by atoms with Gasteiger partial charge in [0.2, 0.25) is 6.79 Å². The van der Waals surface area contributed by atoms with Crippen LogP contribution in [-0.2, 0) is 6.54 Å². The smallest absolute Gasteiger partial charge is 0.319 e. The number of hydrogen-bond acceptors (Lipinski definition) is 6. The van der Waals surface area contributed by atoms with E-state index in [9.17, 15) is 14.9 Å². The maximum Gasteiger partial charge on any atom is 0.319 e. The number of carbonyl (C=O) groups excluding carboxylic acids is 1. The summed E-state index contributed by atoms with van der Waals surface area (Å²) in [7, 11) is 1.41. The van der Waals surface area contributed by atoms with Gasteiger partial charge in [0.25, 0.3) is 5.69 Å². The molecule has 0 spiro atoms. The van der Waals surface area contributed by atoms with Crippen molar-refractivity contribution in [3.05, 3.63) is 52.1 Å². The third-order valence-corrected chi connectivity index (χ3v) is 3.53. The number of methoxy groups -OCH3 is 1. The summed E-state index contributed by atoms with van der Waals surface area (Å²) < 4.78 is 15.6. The van der Waals surface area contributed by atoms with Crippen molar-refractivity contribution >= 4 is 17.4 Å². The highest BCUT2D eigenvalue weighted by atomic mass is 16.7. The fourth-order valence-electron chi connectivity index (χ4n) is 2.31. The first-order chi connectivity index (χ1) is 12.1. The summed E-state index contributed by atoms with van der Waals surface area (Å²) in [5.41, 5.74) is 0.886. The molecule has 3 rings (SSSR count). The van der Waals surface area contributed by atoms with Crippen LogP contribution in [0.4, 0.5) is 16.2 Å². The molecule has 1 heterocycles. The fourth-order valence-corrected chi connectivity index (χ4v) is 2.31. The number of fused-ring (bicyclic) bond motifs is 1. The Labute approximate surface area is 142 Å². The zero-order valence-electron chi connectivity index (χ0n) is 13.3. The Kier molecular flexibility index (Phi) is 4.55. The van der Waals surface area contributed by atoms with Crippen molar-refractivity contribution in [3.63, 3.8) is 0 Å². The van der Waals surface area contributed by atoms with Gasteiger partial charge in [-0.25, -0.2) is 4.79 Å². The summed E-state index contributed by atoms with van der Waals surface area (Å²) in [5.74, 6) is 1.61. The van der Waals surface area contributed by atoms with E-state index in [1.54, 1.807) is 12.1 Å². The average molecular weight is 345 g/mol. The quantitative estimate of drug-likeness (QED) is 0.636. The summed E-state index contributed by atoms with van der Waals surface area (Å²) in [4.78, 5) is 22.4. The number of nitrogens with one attached hydrogen (secondary N) is 2. The lowest BCUT2D eigenvalue weighted by atomic mass is 10.2. The van der Waals surface area contributed by atoms with Crippen LogP contribution in [0.1, 0.15) is 5.56 Å². The molecule has 1 aliphatic heterocycles. The molecule has 0 unspecified atom stereocenters. The van der Waals surface area contributed by atoms with Gasteiger partial charge < -0.3 is 24.8 Å². The third kappa shape index (κ3) is 3.71. The van der Waals surface area contributed by atoms with Crippen molar-refractivity contribution in [2.75, 3.05) is 19.2 Å². The highest BCUT2D eigenvalue weighted by Crippen LogP contribution is 2.32. The Balaban J connectivity index is 1.64. The molecule has 2 aromatic rings. The number of amides is 2. The van der Waals surface area contributed by atoms with Crippen LogP contribution in [0.2, 0.25) is 0 Å². The molecular formula is C16H15N3O6. The molecule has 0 fully saturated rings. The Morgan fingerprint density at radius 2 is 2.04 bits per heavy atom. The number of nitrogens with zero attached hydrogens (tertiary/aromatic N) is 1. The molecule has 0 bridgehead atoms. The van der Waals surface area contributed by atoms with Crippen LogP contribution < -0.4 is 24.8 Å². The van der Waals surface area contributed by atoms with Gasteiger partial charge in [-0.05, 0) is 23.8 Å². The Morgan fingerprint density at radius 3 is 2.80 bits per heavy atom. The van der Waals surface area contributed by atoms with Crippen molar-refractivity contribution in [1.82, 2.24) is 5.32 Å². The van der Waals surface area contributed by atoms with Crippen LogP contribution in [0.15, 0.2) is 36.4 Å². The third-order valence-electron chi connectivity index (χ3n) is 3.53. The summed E-state index contributed by atoms with van der Waals surface area (Å²) in [6.45, 7) is 0.430. The van der Waals surface area contributed by atoms with Crippen molar-refractivity contribution in [3.8, 4) is 17.2 Å². The van der Waals surface area contributed by atoms with E-state index >= 15 is 0 Å². The van der Waals surface area contributed by atoms with E-state index in [1.165, 1.54) is 25.3 Å². The summed E-state index contributed by atoms with van der Waals surface area (Å²) in [5, 5.41) is 16.1. The number of hydrogen-bond donors (Lipinski definition) is 2. The maximum atomic E-state index is 12.1. The number of carbonyl (C=O) groups is 1. The minimum absolute atomic E-state index is 0.146. The zero-order valence-corrected chi connectivity index (χ0v) is 13.3. The molecule has 130 valence electrons. The van der Waals surface area contributed by atoms with Crippen LogP contribution >= 0.6 is 0 Å². The predicted octanol–water partition coefficient (Wildman–Crippen LogP) is 2.65. The molecule has 0 saturated heterocycles. The van der Waals surface area contributed by atoms with E-state index in [0.717, 1.165) is 5.56 Å². The molecule has 2 amide bonds. The monoisotopic (exact) mass is 345 g/mol. The average Bonchev–Trinajstić information content (AvgIpc) is 3.07. The maximum absolute atomic E-state index is 12.1. The molecule has 0 radical (unpaired) electrons. The van der Waals surface area contributed by atoms with Crippen molar-refractivity contribution < 1.29 is 23.9 Å². The molecule has 2 N–H and O–H groups in total. The van der Waals surface area contributed by atoms with Crippen LogP contribution in [0.5, 0.6) is 17.2 Å². The van der Waals surface area contributed by atoms with Gasteiger partial charge in [0, 0.05) is 18.7 Å². The SMILES string of the molecule is COc1ccc([N+](=O)[O-])cc1NC(=O)NCc1ccc2c(c1)OCO2. The van der Waals surface area contributed by atoms with Crippen LogP contribution in [0.3, 0.4) is 0 Å². The van der Waals surface area contributed by atoms with Gasteiger partial charge in [-0.1, -0.05) is 6.07 Å². The number of ether oxygens (including phenoxy) is 3. The van der Waals surface area contributed by atoms with Crippen molar-refractivity contribution in [2.45, 2.75) is 6.54 Å². The highest BCUT2D eigenvalue weighted by molar-refractivity contribution is 5.91. The predicted molar refractivity (Wildman–Crippen MR) is 88.1 cm³/mol. The largest absolute Gasteiger partial charge is 0.495 e. The number of rotatable bonds is 5. The number of urea groups is 1. The van der Waals surface area contributed by atoms with Crippen molar-refractivity contribution in [1.29, 1.82) is 0 Å². The Bertz CT molecular complexity index is 824. The first-order valence-corrected chi connectivity index (χ1v) is 7.32. The van der Waals surface area contributed by atoms with Crippen LogP contribution in [-0.4, -0.2) is 24.9 Å². The second-order valence-corrected chi connectivity index (χ2v) is 5.14. The minimum atomic E-state index is -0.546. The van der Waals surface area contributed by atoms with E-state index in [2.05, 4.69) is 10.6 Å². The zero-order chi connectivity index (χ0) is 17.8. The summed E-state index contributed by atoms with van der Waals surface area (Å²) >= 11 is 0. The van der Waals surface area contributed by atoms with E-state index < -0.39 is 11.0 Å². The first kappa shape index (κ1) is 16.4. The van der Waals surface area contributed by atoms with Gasteiger partial charge in [-0.15, -0.1) is 0 Å². The van der Waals surface area contributed by atoms with Crippen molar-refractivity contribution in [2.24, 2.45) is 0 Å². The number of benzene rings is 2. The number of non-ortho nitro benzene ring substituents is 1. The normalized spacial score (nSPS) is 11.7. The fraction of sp³-hybridized carbons (Fsp3) is 0.188. The number of nitro groups is 1.